The minimum Gasteiger partial charge on any atom is -0.481 e. The third-order valence-corrected chi connectivity index (χ3v) is 8.03. The van der Waals surface area contributed by atoms with Gasteiger partial charge in [0.1, 0.15) is 11.9 Å². The molecule has 0 aliphatic carbocycles. The number of pyridine rings is 2. The Kier molecular flexibility index (Phi) is 6.62. The number of ether oxygens (including phenoxy) is 2. The van der Waals surface area contributed by atoms with Gasteiger partial charge < -0.3 is 24.6 Å². The van der Waals surface area contributed by atoms with Gasteiger partial charge in [0.15, 0.2) is 11.4 Å². The van der Waals surface area contributed by atoms with Gasteiger partial charge in [0.2, 0.25) is 5.91 Å². The van der Waals surface area contributed by atoms with Gasteiger partial charge in [0.05, 0.1) is 24.5 Å². The number of likely N-dealkylation sites (tertiary alicyclic amines) is 2. The number of halogens is 3. The second kappa shape index (κ2) is 9.98. The van der Waals surface area contributed by atoms with Crippen LogP contribution >= 0.6 is 0 Å². The molecule has 0 radical (unpaired) electrons. The molecule has 1 amide bonds. The first-order chi connectivity index (χ1) is 18.7. The Balaban J connectivity index is 1.28. The highest BCUT2D eigenvalue weighted by molar-refractivity contribution is 5.87. The van der Waals surface area contributed by atoms with Gasteiger partial charge in [-0.3, -0.25) is 9.69 Å². The average molecular weight is 545 g/mol. The second-order valence-corrected chi connectivity index (χ2v) is 10.4. The Morgan fingerprint density at radius 3 is 2.69 bits per heavy atom. The van der Waals surface area contributed by atoms with E-state index in [1.54, 1.807) is 24.1 Å². The second-order valence-electron chi connectivity index (χ2n) is 10.4. The topological polar surface area (TPSA) is 83.1 Å². The maximum atomic E-state index is 14.3. The van der Waals surface area contributed by atoms with Crippen LogP contribution in [0, 0.1) is 0 Å². The molecule has 2 aromatic rings. The Bertz CT molecular complexity index is 1280. The first-order valence-electron chi connectivity index (χ1n) is 13.3. The van der Waals surface area contributed by atoms with Crippen molar-refractivity contribution >= 4 is 23.1 Å². The predicted octanol–water partition coefficient (Wildman–Crippen LogP) is 3.72. The van der Waals surface area contributed by atoms with Crippen molar-refractivity contribution in [3.63, 3.8) is 0 Å². The van der Waals surface area contributed by atoms with E-state index in [1.807, 2.05) is 6.07 Å². The molecular formula is C27H31F3N6O3. The molecule has 0 aromatic carbocycles. The zero-order valence-electron chi connectivity index (χ0n) is 21.7. The first kappa shape index (κ1) is 25.9. The van der Waals surface area contributed by atoms with Gasteiger partial charge in [-0.1, -0.05) is 6.58 Å². The molecule has 2 atom stereocenters. The van der Waals surface area contributed by atoms with Gasteiger partial charge in [-0.2, -0.15) is 13.2 Å². The normalized spacial score (nSPS) is 23.7. The Morgan fingerprint density at radius 2 is 1.97 bits per heavy atom. The lowest BCUT2D eigenvalue weighted by atomic mass is 9.92. The van der Waals surface area contributed by atoms with E-state index in [9.17, 15) is 18.0 Å². The van der Waals surface area contributed by atoms with Crippen molar-refractivity contribution in [2.45, 2.75) is 37.6 Å². The number of alkyl halides is 3. The van der Waals surface area contributed by atoms with Crippen LogP contribution in [-0.4, -0.2) is 84.2 Å². The van der Waals surface area contributed by atoms with Crippen molar-refractivity contribution < 1.29 is 27.4 Å². The molecule has 0 saturated carbocycles. The number of nitrogens with one attached hydrogen (secondary N) is 1. The number of anilines is 3. The van der Waals surface area contributed by atoms with Crippen LogP contribution in [0.3, 0.4) is 0 Å². The molecule has 0 spiro atoms. The lowest BCUT2D eigenvalue weighted by Crippen LogP contribution is -2.52. The van der Waals surface area contributed by atoms with Gasteiger partial charge in [0.25, 0.3) is 0 Å². The first-order valence-corrected chi connectivity index (χ1v) is 13.3. The van der Waals surface area contributed by atoms with Crippen LogP contribution in [0.5, 0.6) is 5.75 Å². The molecule has 39 heavy (non-hydrogen) atoms. The van der Waals surface area contributed by atoms with E-state index < -0.39 is 18.0 Å². The summed E-state index contributed by atoms with van der Waals surface area (Å²) in [6.07, 6.45) is -1.58. The zero-order valence-corrected chi connectivity index (χ0v) is 21.7. The van der Waals surface area contributed by atoms with Crippen LogP contribution < -0.4 is 15.0 Å². The average Bonchev–Trinajstić information content (AvgIpc) is 3.32. The third kappa shape index (κ3) is 4.80. The van der Waals surface area contributed by atoms with Crippen molar-refractivity contribution in [1.82, 2.24) is 19.8 Å². The standard InChI is InChI=1S/C27H31F3N6O3/c1-3-22(37)35-7-5-18(15-35)36-13-17(14-36)19-12-20-24(25(32-19)27(28,29)30)39-16(2)23-21(4-6-31-26(23)33-20)34-8-10-38-11-9-34/h3-4,6,12,16-18H,1,5,7-11,13-15H2,2H3,(H,31,33)/t16-,18?/m1/s1. The monoisotopic (exact) mass is 544 g/mol. The van der Waals surface area contributed by atoms with Gasteiger partial charge in [-0.05, 0) is 31.6 Å². The maximum absolute atomic E-state index is 14.3. The molecule has 208 valence electrons. The van der Waals surface area contributed by atoms with E-state index in [4.69, 9.17) is 9.47 Å². The fourth-order valence-electron chi connectivity index (χ4n) is 5.94. The molecule has 1 unspecified atom stereocenters. The Hall–Kier alpha value is -3.38. The fraction of sp³-hybridized carbons (Fsp3) is 0.519. The van der Waals surface area contributed by atoms with Crippen LogP contribution in [0.25, 0.3) is 0 Å². The van der Waals surface area contributed by atoms with E-state index in [0.29, 0.717) is 69.6 Å². The number of aromatic nitrogens is 2. The summed E-state index contributed by atoms with van der Waals surface area (Å²) in [6.45, 7) is 10.2. The molecule has 4 aliphatic heterocycles. The summed E-state index contributed by atoms with van der Waals surface area (Å²) in [5.74, 6) is -0.0863. The highest BCUT2D eigenvalue weighted by Crippen LogP contribution is 2.48. The summed E-state index contributed by atoms with van der Waals surface area (Å²) >= 11 is 0. The molecule has 6 rings (SSSR count). The number of carbonyl (C=O) groups excluding carboxylic acids is 1. The van der Waals surface area contributed by atoms with Crippen LogP contribution in [0.15, 0.2) is 31.0 Å². The summed E-state index contributed by atoms with van der Waals surface area (Å²) in [5.41, 5.74) is 1.13. The number of hydrogen-bond donors (Lipinski definition) is 1. The molecule has 12 heteroatoms. The summed E-state index contributed by atoms with van der Waals surface area (Å²) < 4.78 is 54.4. The number of rotatable bonds is 4. The fourth-order valence-corrected chi connectivity index (χ4v) is 5.94. The van der Waals surface area contributed by atoms with Gasteiger partial charge in [-0.25, -0.2) is 9.97 Å². The molecule has 3 fully saturated rings. The van der Waals surface area contributed by atoms with Crippen molar-refractivity contribution in [1.29, 1.82) is 0 Å². The molecule has 0 bridgehead atoms. The highest BCUT2D eigenvalue weighted by Gasteiger charge is 2.43. The SMILES string of the molecule is C=CC(=O)N1CCC(N2CC(c3cc4c(c(C(F)(F)F)n3)O[C@H](C)c3c(N5CCOCC5)ccnc3N4)C2)C1. The van der Waals surface area contributed by atoms with Crippen molar-refractivity contribution in [3.8, 4) is 5.75 Å². The molecular weight excluding hydrogens is 513 g/mol. The van der Waals surface area contributed by atoms with Gasteiger partial charge >= 0.3 is 6.18 Å². The van der Waals surface area contributed by atoms with Crippen LogP contribution in [0.2, 0.25) is 0 Å². The highest BCUT2D eigenvalue weighted by atomic mass is 19.4. The lowest BCUT2D eigenvalue weighted by Gasteiger charge is -2.43. The number of hydrogen-bond acceptors (Lipinski definition) is 8. The maximum Gasteiger partial charge on any atom is 0.437 e. The smallest absolute Gasteiger partial charge is 0.437 e. The molecule has 9 nitrogen and oxygen atoms in total. The molecule has 3 saturated heterocycles. The predicted molar refractivity (Wildman–Crippen MR) is 138 cm³/mol. The van der Waals surface area contributed by atoms with Gasteiger partial charge in [-0.15, -0.1) is 0 Å². The minimum atomic E-state index is -4.70. The van der Waals surface area contributed by atoms with Gasteiger partial charge in [0, 0.05) is 68.8 Å². The van der Waals surface area contributed by atoms with E-state index in [2.05, 4.69) is 31.7 Å². The van der Waals surface area contributed by atoms with Crippen LogP contribution in [0.4, 0.5) is 30.4 Å². The summed E-state index contributed by atoms with van der Waals surface area (Å²) in [5, 5.41) is 3.16. The Morgan fingerprint density at radius 1 is 1.21 bits per heavy atom. The molecule has 6 heterocycles. The van der Waals surface area contributed by atoms with E-state index in [-0.39, 0.29) is 29.3 Å². The van der Waals surface area contributed by atoms with E-state index >= 15 is 0 Å². The number of amides is 1. The molecule has 2 aromatic heterocycles. The van der Waals surface area contributed by atoms with E-state index in [1.165, 1.54) is 6.08 Å². The summed E-state index contributed by atoms with van der Waals surface area (Å²) in [4.78, 5) is 26.6. The van der Waals surface area contributed by atoms with E-state index in [0.717, 1.165) is 12.1 Å². The zero-order chi connectivity index (χ0) is 27.3. The van der Waals surface area contributed by atoms with Crippen LogP contribution in [-0.2, 0) is 15.7 Å². The number of morpholine rings is 1. The van der Waals surface area contributed by atoms with Crippen LogP contribution in [0.1, 0.15) is 42.3 Å². The van der Waals surface area contributed by atoms with Crippen molar-refractivity contribution in [2.24, 2.45) is 0 Å². The summed E-state index contributed by atoms with van der Waals surface area (Å²) in [7, 11) is 0. The van der Waals surface area contributed by atoms with Crippen molar-refractivity contribution in [3.05, 3.63) is 47.9 Å². The van der Waals surface area contributed by atoms with Crippen molar-refractivity contribution in [2.75, 3.05) is 62.7 Å². The molecule has 4 aliphatic rings. The lowest BCUT2D eigenvalue weighted by molar-refractivity contribution is -0.143. The number of nitrogens with zero attached hydrogens (tertiary/aromatic N) is 5. The number of carbonyl (C=O) groups is 1. The molecule has 1 N–H and O–H groups in total. The number of fused-ring (bicyclic) bond motifs is 2. The summed E-state index contributed by atoms with van der Waals surface area (Å²) in [6, 6.07) is 3.72. The Labute approximate surface area is 224 Å². The third-order valence-electron chi connectivity index (χ3n) is 8.03. The minimum absolute atomic E-state index is 0.0946. The largest absolute Gasteiger partial charge is 0.481 e. The quantitative estimate of drug-likeness (QED) is 0.584.